The van der Waals surface area contributed by atoms with Crippen LogP contribution in [0.2, 0.25) is 5.02 Å². The molecule has 7 nitrogen and oxygen atoms in total. The van der Waals surface area contributed by atoms with Gasteiger partial charge >= 0.3 is 5.97 Å². The van der Waals surface area contributed by atoms with Gasteiger partial charge in [0, 0.05) is 53.9 Å². The Balaban J connectivity index is 1.36. The fourth-order valence-corrected chi connectivity index (χ4v) is 4.67. The molecule has 5 rings (SSSR count). The second-order valence-corrected chi connectivity index (χ2v) is 9.42. The number of hydrogen-bond acceptors (Lipinski definition) is 5. The van der Waals surface area contributed by atoms with Gasteiger partial charge in [-0.3, -0.25) is 9.69 Å². The summed E-state index contributed by atoms with van der Waals surface area (Å²) in [6.45, 7) is 8.19. The molecule has 0 unspecified atom stereocenters. The first-order valence-electron chi connectivity index (χ1n) is 11.0. The maximum Gasteiger partial charge on any atom is 0.309 e. The van der Waals surface area contributed by atoms with Crippen LogP contribution < -0.4 is 0 Å². The summed E-state index contributed by atoms with van der Waals surface area (Å²) >= 11 is 6.47. The first-order chi connectivity index (χ1) is 15.8. The molecule has 1 fully saturated rings. The second kappa shape index (κ2) is 8.32. The predicted octanol–water partition coefficient (Wildman–Crippen LogP) is 5.42. The number of rotatable bonds is 6. The number of nitrogens with zero attached hydrogens (tertiary/aromatic N) is 4. The lowest BCUT2D eigenvalue weighted by molar-refractivity contribution is -0.147. The van der Waals surface area contributed by atoms with E-state index in [1.807, 2.05) is 43.5 Å². The third-order valence-corrected chi connectivity index (χ3v) is 6.56. The zero-order valence-electron chi connectivity index (χ0n) is 18.7. The highest BCUT2D eigenvalue weighted by Crippen LogP contribution is 2.33. The number of carboxylic acid groups (broad SMARTS) is 1. The van der Waals surface area contributed by atoms with E-state index in [4.69, 9.17) is 21.2 Å². The first kappa shape index (κ1) is 21.7. The third-order valence-electron chi connectivity index (χ3n) is 6.26. The smallest absolute Gasteiger partial charge is 0.309 e. The van der Waals surface area contributed by atoms with Crippen molar-refractivity contribution in [2.75, 3.05) is 13.1 Å². The Morgan fingerprint density at radius 2 is 2.03 bits per heavy atom. The van der Waals surface area contributed by atoms with Crippen LogP contribution >= 0.6 is 11.6 Å². The lowest BCUT2D eigenvalue weighted by Crippen LogP contribution is -2.49. The number of halogens is 1. The van der Waals surface area contributed by atoms with E-state index in [1.165, 1.54) is 0 Å². The summed E-state index contributed by atoms with van der Waals surface area (Å²) in [6.07, 6.45) is 1.95. The SMILES string of the molecule is Cc1cc(CN2CC(C(=O)O)C2)ccc1-c1noc(-c2ccc3c(c2)c(Cl)cn3C(C)C)n1. The quantitative estimate of drug-likeness (QED) is 0.410. The predicted molar refractivity (Wildman–Crippen MR) is 127 cm³/mol. The van der Waals surface area contributed by atoms with Crippen molar-refractivity contribution >= 4 is 28.5 Å². The molecule has 1 N–H and O–H groups in total. The number of carboxylic acids is 1. The highest BCUT2D eigenvalue weighted by molar-refractivity contribution is 6.35. The van der Waals surface area contributed by atoms with Gasteiger partial charge in [0.25, 0.3) is 5.89 Å². The van der Waals surface area contributed by atoms with E-state index in [9.17, 15) is 4.79 Å². The lowest BCUT2D eigenvalue weighted by atomic mass is 9.98. The molecule has 0 amide bonds. The number of likely N-dealkylation sites (tertiary alicyclic amines) is 1. The third kappa shape index (κ3) is 4.03. The van der Waals surface area contributed by atoms with Crippen molar-refractivity contribution in [3.8, 4) is 22.8 Å². The van der Waals surface area contributed by atoms with E-state index < -0.39 is 5.97 Å². The number of aryl methyl sites for hydroxylation is 1. The van der Waals surface area contributed by atoms with Crippen molar-refractivity contribution < 1.29 is 14.4 Å². The van der Waals surface area contributed by atoms with Crippen molar-refractivity contribution in [3.05, 3.63) is 58.7 Å². The largest absolute Gasteiger partial charge is 0.481 e. The van der Waals surface area contributed by atoms with Crippen LogP contribution in [0.15, 0.2) is 47.1 Å². The summed E-state index contributed by atoms with van der Waals surface area (Å²) in [5, 5.41) is 14.9. The van der Waals surface area contributed by atoms with Crippen LogP contribution in [0.4, 0.5) is 0 Å². The van der Waals surface area contributed by atoms with Gasteiger partial charge in [-0.15, -0.1) is 0 Å². The molecule has 1 aliphatic rings. The Bertz CT molecular complexity index is 1350. The summed E-state index contributed by atoms with van der Waals surface area (Å²) in [5.41, 5.74) is 4.98. The second-order valence-electron chi connectivity index (χ2n) is 9.01. The van der Waals surface area contributed by atoms with E-state index >= 15 is 0 Å². The van der Waals surface area contributed by atoms with E-state index in [1.54, 1.807) is 0 Å². The first-order valence-corrected chi connectivity index (χ1v) is 11.4. The molecule has 0 radical (unpaired) electrons. The van der Waals surface area contributed by atoms with Crippen molar-refractivity contribution in [2.24, 2.45) is 5.92 Å². The lowest BCUT2D eigenvalue weighted by Gasteiger charge is -2.36. The molecule has 4 aromatic rings. The zero-order chi connectivity index (χ0) is 23.3. The van der Waals surface area contributed by atoms with Crippen LogP contribution in [0.5, 0.6) is 0 Å². The monoisotopic (exact) mass is 464 g/mol. The maximum atomic E-state index is 11.0. The van der Waals surface area contributed by atoms with E-state index in [0.717, 1.165) is 39.7 Å². The minimum absolute atomic E-state index is 0.249. The Hall–Kier alpha value is -3.16. The molecule has 0 aliphatic carbocycles. The Labute approximate surface area is 196 Å². The highest BCUT2D eigenvalue weighted by Gasteiger charge is 2.32. The van der Waals surface area contributed by atoms with Gasteiger partial charge in [-0.1, -0.05) is 35.0 Å². The molecule has 0 atom stereocenters. The molecule has 170 valence electrons. The number of fused-ring (bicyclic) bond motifs is 1. The Kier molecular flexibility index (Phi) is 5.46. The molecular weight excluding hydrogens is 440 g/mol. The van der Waals surface area contributed by atoms with Gasteiger partial charge in [-0.2, -0.15) is 4.98 Å². The summed E-state index contributed by atoms with van der Waals surface area (Å²) < 4.78 is 7.73. The maximum absolute atomic E-state index is 11.0. The minimum Gasteiger partial charge on any atom is -0.481 e. The van der Waals surface area contributed by atoms with Crippen LogP contribution in [0, 0.1) is 12.8 Å². The van der Waals surface area contributed by atoms with Gasteiger partial charge in [-0.05, 0) is 50.1 Å². The average molecular weight is 465 g/mol. The van der Waals surface area contributed by atoms with E-state index in [-0.39, 0.29) is 5.92 Å². The molecule has 1 aliphatic heterocycles. The van der Waals surface area contributed by atoms with Gasteiger partial charge < -0.3 is 14.2 Å². The average Bonchev–Trinajstić information content (AvgIpc) is 3.35. The minimum atomic E-state index is -0.718. The van der Waals surface area contributed by atoms with Crippen LogP contribution in [-0.4, -0.2) is 43.8 Å². The van der Waals surface area contributed by atoms with Crippen molar-refractivity contribution in [2.45, 2.75) is 33.4 Å². The summed E-state index contributed by atoms with van der Waals surface area (Å²) in [6, 6.07) is 12.4. The topological polar surface area (TPSA) is 84.4 Å². The zero-order valence-corrected chi connectivity index (χ0v) is 19.5. The van der Waals surface area contributed by atoms with E-state index in [2.05, 4.69) is 39.5 Å². The van der Waals surface area contributed by atoms with Crippen LogP contribution in [0.1, 0.15) is 31.0 Å². The molecule has 1 saturated heterocycles. The fourth-order valence-electron chi connectivity index (χ4n) is 4.41. The van der Waals surface area contributed by atoms with Gasteiger partial charge in [0.1, 0.15) is 0 Å². The number of carbonyl (C=O) groups is 1. The van der Waals surface area contributed by atoms with Crippen LogP contribution in [0.3, 0.4) is 0 Å². The molecule has 2 aromatic carbocycles. The van der Waals surface area contributed by atoms with Gasteiger partial charge in [0.15, 0.2) is 0 Å². The molecule has 33 heavy (non-hydrogen) atoms. The Morgan fingerprint density at radius 3 is 2.73 bits per heavy atom. The molecule has 3 heterocycles. The molecule has 2 aromatic heterocycles. The fraction of sp³-hybridized carbons (Fsp3) is 0.320. The van der Waals surface area contributed by atoms with Crippen LogP contribution in [-0.2, 0) is 11.3 Å². The van der Waals surface area contributed by atoms with Crippen molar-refractivity contribution in [3.63, 3.8) is 0 Å². The van der Waals surface area contributed by atoms with Crippen molar-refractivity contribution in [1.29, 1.82) is 0 Å². The standard InChI is InChI=1S/C25H25ClN4O3/c1-14(2)30-13-21(26)20-9-17(5-7-22(20)30)24-27-23(28-33-24)19-6-4-16(8-15(19)3)10-29-11-18(12-29)25(31)32/h4-9,13-14,18H,10-12H2,1-3H3,(H,31,32). The normalized spacial score (nSPS) is 14.8. The summed E-state index contributed by atoms with van der Waals surface area (Å²) in [7, 11) is 0. The van der Waals surface area contributed by atoms with Gasteiger partial charge in [0.2, 0.25) is 5.82 Å². The van der Waals surface area contributed by atoms with Gasteiger partial charge in [-0.25, -0.2) is 0 Å². The molecule has 0 saturated carbocycles. The molecular formula is C25H25ClN4O3. The van der Waals surface area contributed by atoms with Crippen LogP contribution in [0.25, 0.3) is 33.7 Å². The number of hydrogen-bond donors (Lipinski definition) is 1. The van der Waals surface area contributed by atoms with E-state index in [0.29, 0.717) is 35.9 Å². The summed E-state index contributed by atoms with van der Waals surface area (Å²) in [4.78, 5) is 17.8. The number of benzene rings is 2. The molecule has 8 heteroatoms. The highest BCUT2D eigenvalue weighted by atomic mass is 35.5. The number of aliphatic carboxylic acids is 1. The number of aromatic nitrogens is 3. The molecule has 0 bridgehead atoms. The summed E-state index contributed by atoms with van der Waals surface area (Å²) in [5.74, 6) is 0.0182. The van der Waals surface area contributed by atoms with Crippen molar-refractivity contribution in [1.82, 2.24) is 19.6 Å². The molecule has 0 spiro atoms. The Morgan fingerprint density at radius 1 is 1.24 bits per heavy atom. The van der Waals surface area contributed by atoms with Gasteiger partial charge in [0.05, 0.1) is 10.9 Å².